The van der Waals surface area contributed by atoms with Crippen LogP contribution in [0.5, 0.6) is 11.5 Å². The van der Waals surface area contributed by atoms with Gasteiger partial charge in [-0.15, -0.1) is 0 Å². The zero-order chi connectivity index (χ0) is 28.1. The molecule has 0 N–H and O–H groups in total. The van der Waals surface area contributed by atoms with Crippen molar-refractivity contribution in [3.8, 4) is 44.9 Å². The molecular weight excluding hydrogens is 520 g/mol. The van der Waals surface area contributed by atoms with Gasteiger partial charge in [0.05, 0.1) is 0 Å². The quantitative estimate of drug-likeness (QED) is 0.209. The van der Waals surface area contributed by atoms with E-state index >= 15 is 0 Å². The normalized spacial score (nSPS) is 17.3. The maximum absolute atomic E-state index is 6.34. The molecule has 0 aromatic heterocycles. The smallest absolute Gasteiger partial charge is 0.135 e. The first kappa shape index (κ1) is 23.2. The van der Waals surface area contributed by atoms with Crippen LogP contribution in [0.4, 0.5) is 0 Å². The predicted octanol–water partition coefficient (Wildman–Crippen LogP) is 11.6. The van der Waals surface area contributed by atoms with Gasteiger partial charge in [0, 0.05) is 22.8 Å². The summed E-state index contributed by atoms with van der Waals surface area (Å²) in [5.41, 5.74) is 10.3. The van der Waals surface area contributed by atoms with Crippen molar-refractivity contribution >= 4 is 32.3 Å². The van der Waals surface area contributed by atoms with Gasteiger partial charge >= 0.3 is 0 Å². The molecule has 1 nitrogen and oxygen atoms in total. The lowest BCUT2D eigenvalue weighted by Gasteiger charge is -2.22. The fourth-order valence-corrected chi connectivity index (χ4v) is 7.88. The summed E-state index contributed by atoms with van der Waals surface area (Å²) in [5.74, 6) is 2.75. The lowest BCUT2D eigenvalue weighted by atomic mass is 9.86. The molecule has 3 aliphatic rings. The number of benzene rings is 7. The standard InChI is InChI=1S/C42H26O/c1-2-8-32-31(7-1)36-12-5-10-34-29(19-20-38(32)41(34)36)27-17-15-26-24-28(18-16-25(26)23-27)30-21-22-40-42-35(30)11-6-13-37(42)33-9-3-4-14-39(33)43-40/h1-24,31-32H. The van der Waals surface area contributed by atoms with Gasteiger partial charge in [-0.1, -0.05) is 121 Å². The van der Waals surface area contributed by atoms with E-state index in [-0.39, 0.29) is 0 Å². The zero-order valence-electron chi connectivity index (χ0n) is 23.4. The molecule has 0 amide bonds. The first-order chi connectivity index (χ1) is 21.3. The Morgan fingerprint density at radius 1 is 0.419 bits per heavy atom. The molecule has 0 saturated carbocycles. The van der Waals surface area contributed by atoms with E-state index in [0.29, 0.717) is 11.8 Å². The highest BCUT2D eigenvalue weighted by Crippen LogP contribution is 2.52. The Bertz CT molecular complexity index is 2360. The summed E-state index contributed by atoms with van der Waals surface area (Å²) in [6.07, 6.45) is 9.12. The summed E-state index contributed by atoms with van der Waals surface area (Å²) >= 11 is 0. The molecule has 0 radical (unpaired) electrons. The van der Waals surface area contributed by atoms with Crippen molar-refractivity contribution in [3.05, 3.63) is 157 Å². The minimum atomic E-state index is 0.450. The highest BCUT2D eigenvalue weighted by molar-refractivity contribution is 6.10. The number of hydrogen-bond donors (Lipinski definition) is 0. The lowest BCUT2D eigenvalue weighted by Crippen LogP contribution is -2.01. The van der Waals surface area contributed by atoms with Gasteiger partial charge in [-0.2, -0.15) is 0 Å². The van der Waals surface area contributed by atoms with Gasteiger partial charge in [0.15, 0.2) is 0 Å². The molecule has 200 valence electrons. The molecule has 1 heteroatoms. The fourth-order valence-electron chi connectivity index (χ4n) is 7.88. The van der Waals surface area contributed by atoms with Crippen LogP contribution in [0.2, 0.25) is 0 Å². The molecule has 1 heterocycles. The van der Waals surface area contributed by atoms with Gasteiger partial charge in [0.2, 0.25) is 0 Å². The minimum Gasteiger partial charge on any atom is -0.456 e. The van der Waals surface area contributed by atoms with E-state index in [1.807, 2.05) is 12.1 Å². The van der Waals surface area contributed by atoms with E-state index in [1.54, 1.807) is 0 Å². The maximum Gasteiger partial charge on any atom is 0.135 e. The Hall–Kier alpha value is -5.40. The monoisotopic (exact) mass is 546 g/mol. The number of fused-ring (bicyclic) bond motifs is 6. The van der Waals surface area contributed by atoms with Crippen LogP contribution < -0.4 is 4.74 Å². The molecule has 1 aliphatic heterocycles. The first-order valence-electron chi connectivity index (χ1n) is 15.1. The summed E-state index contributed by atoms with van der Waals surface area (Å²) < 4.78 is 6.34. The van der Waals surface area contributed by atoms with E-state index < -0.39 is 0 Å². The van der Waals surface area contributed by atoms with Gasteiger partial charge in [-0.3, -0.25) is 0 Å². The second-order valence-electron chi connectivity index (χ2n) is 12.0. The lowest BCUT2D eigenvalue weighted by molar-refractivity contribution is 0.487. The third-order valence-electron chi connectivity index (χ3n) is 9.82. The number of para-hydroxylation sites is 1. The van der Waals surface area contributed by atoms with Crippen LogP contribution in [0.15, 0.2) is 146 Å². The molecule has 7 aromatic rings. The second-order valence-corrected chi connectivity index (χ2v) is 12.0. The zero-order valence-corrected chi connectivity index (χ0v) is 23.4. The Morgan fingerprint density at radius 2 is 1.05 bits per heavy atom. The first-order valence-corrected chi connectivity index (χ1v) is 15.1. The van der Waals surface area contributed by atoms with E-state index in [2.05, 4.69) is 133 Å². The van der Waals surface area contributed by atoms with Crippen molar-refractivity contribution in [1.82, 2.24) is 0 Å². The van der Waals surface area contributed by atoms with Crippen LogP contribution in [0, 0.1) is 0 Å². The van der Waals surface area contributed by atoms with Crippen molar-refractivity contribution in [1.29, 1.82) is 0 Å². The topological polar surface area (TPSA) is 9.23 Å². The third kappa shape index (κ3) is 3.22. The second kappa shape index (κ2) is 8.56. The Morgan fingerprint density at radius 3 is 1.81 bits per heavy atom. The molecule has 2 aliphatic carbocycles. The molecule has 0 saturated heterocycles. The van der Waals surface area contributed by atoms with Crippen molar-refractivity contribution in [2.45, 2.75) is 11.8 Å². The molecule has 2 atom stereocenters. The summed E-state index contributed by atoms with van der Waals surface area (Å²) in [7, 11) is 0. The average molecular weight is 547 g/mol. The molecule has 43 heavy (non-hydrogen) atoms. The summed E-state index contributed by atoms with van der Waals surface area (Å²) in [5, 5.41) is 7.70. The number of rotatable bonds is 2. The van der Waals surface area contributed by atoms with E-state index in [0.717, 1.165) is 17.1 Å². The Labute approximate surface area is 250 Å². The SMILES string of the molecule is C1=CC2c3cccc4c(-c5ccc6cc(-c7ccc8c9c(cccc79)-c7ccccc7O8)ccc6c5)ccc(c34)C2C=C1. The molecule has 0 spiro atoms. The molecule has 10 rings (SSSR count). The van der Waals surface area contributed by atoms with Gasteiger partial charge in [-0.05, 0) is 90.1 Å². The summed E-state index contributed by atoms with van der Waals surface area (Å²) in [6.45, 7) is 0. The minimum absolute atomic E-state index is 0.450. The molecule has 2 unspecified atom stereocenters. The van der Waals surface area contributed by atoms with Crippen molar-refractivity contribution in [2.24, 2.45) is 0 Å². The van der Waals surface area contributed by atoms with Gasteiger partial charge < -0.3 is 4.74 Å². The van der Waals surface area contributed by atoms with Gasteiger partial charge in [0.25, 0.3) is 0 Å². The number of hydrogen-bond acceptors (Lipinski definition) is 1. The summed E-state index contributed by atoms with van der Waals surface area (Å²) in [4.78, 5) is 0. The van der Waals surface area contributed by atoms with Crippen molar-refractivity contribution in [2.75, 3.05) is 0 Å². The maximum atomic E-state index is 6.34. The molecule has 0 fully saturated rings. The number of allylic oxidation sites excluding steroid dienone is 4. The Balaban J connectivity index is 1.09. The fraction of sp³-hybridized carbons (Fsp3) is 0.0476. The largest absolute Gasteiger partial charge is 0.456 e. The van der Waals surface area contributed by atoms with Gasteiger partial charge in [0.1, 0.15) is 11.5 Å². The van der Waals surface area contributed by atoms with E-state index in [9.17, 15) is 0 Å². The molecule has 7 aromatic carbocycles. The van der Waals surface area contributed by atoms with Gasteiger partial charge in [-0.25, -0.2) is 0 Å². The number of ether oxygens (including phenoxy) is 1. The molecule has 0 bridgehead atoms. The van der Waals surface area contributed by atoms with Crippen LogP contribution in [-0.2, 0) is 0 Å². The highest BCUT2D eigenvalue weighted by atomic mass is 16.5. The molecular formula is C42H26O. The van der Waals surface area contributed by atoms with Crippen LogP contribution in [0.3, 0.4) is 0 Å². The van der Waals surface area contributed by atoms with Crippen LogP contribution in [0.25, 0.3) is 65.7 Å². The summed E-state index contributed by atoms with van der Waals surface area (Å²) in [6, 6.07) is 44.6. The van der Waals surface area contributed by atoms with Crippen molar-refractivity contribution < 1.29 is 4.74 Å². The van der Waals surface area contributed by atoms with Crippen LogP contribution in [0.1, 0.15) is 23.0 Å². The van der Waals surface area contributed by atoms with E-state index in [4.69, 9.17) is 4.74 Å². The van der Waals surface area contributed by atoms with Crippen molar-refractivity contribution in [3.63, 3.8) is 0 Å². The highest BCUT2D eigenvalue weighted by Gasteiger charge is 2.32. The van der Waals surface area contributed by atoms with E-state index in [1.165, 1.54) is 71.3 Å². The average Bonchev–Trinajstić information content (AvgIpc) is 3.40. The third-order valence-corrected chi connectivity index (χ3v) is 9.82. The van der Waals surface area contributed by atoms with Crippen LogP contribution in [-0.4, -0.2) is 0 Å². The Kier molecular flexibility index (Phi) is 4.62. The van der Waals surface area contributed by atoms with Crippen LogP contribution >= 0.6 is 0 Å². The predicted molar refractivity (Wildman–Crippen MR) is 179 cm³/mol.